The highest BCUT2D eigenvalue weighted by Gasteiger charge is 2.22. The number of nitrogens with one attached hydrogen (secondary N) is 1. The summed E-state index contributed by atoms with van der Waals surface area (Å²) >= 11 is 0. The molecule has 3 rings (SSSR count). The monoisotopic (exact) mass is 394 g/mol. The second-order valence-corrected chi connectivity index (χ2v) is 8.19. The van der Waals surface area contributed by atoms with Crippen LogP contribution in [0.4, 0.5) is 0 Å². The topological polar surface area (TPSA) is 41.6 Å². The van der Waals surface area contributed by atoms with Crippen molar-refractivity contribution < 1.29 is 9.53 Å². The van der Waals surface area contributed by atoms with E-state index >= 15 is 0 Å². The number of rotatable bonds is 7. The standard InChI is InChI=1S/C25H34N2O2/c1-19-11-13-22(14-12-19)23(27-15-6-4-5-7-16-27)17-26-24(28)18-29-25-20(2)9-8-10-21(25)3/h8-14,23H,4-7,15-18H2,1-3H3,(H,26,28). The summed E-state index contributed by atoms with van der Waals surface area (Å²) in [6.07, 6.45) is 5.05. The smallest absolute Gasteiger partial charge is 0.258 e. The van der Waals surface area contributed by atoms with Gasteiger partial charge in [0, 0.05) is 6.54 Å². The van der Waals surface area contributed by atoms with Gasteiger partial charge in [-0.25, -0.2) is 0 Å². The van der Waals surface area contributed by atoms with Gasteiger partial charge in [-0.1, -0.05) is 60.9 Å². The Morgan fingerprint density at radius 3 is 2.21 bits per heavy atom. The molecule has 1 fully saturated rings. The van der Waals surface area contributed by atoms with Gasteiger partial charge in [0.25, 0.3) is 5.91 Å². The van der Waals surface area contributed by atoms with Crippen LogP contribution in [-0.4, -0.2) is 37.0 Å². The zero-order valence-corrected chi connectivity index (χ0v) is 18.0. The molecule has 1 unspecified atom stereocenters. The van der Waals surface area contributed by atoms with Crippen molar-refractivity contribution in [2.45, 2.75) is 52.5 Å². The Morgan fingerprint density at radius 1 is 0.966 bits per heavy atom. The van der Waals surface area contributed by atoms with E-state index in [9.17, 15) is 4.79 Å². The van der Waals surface area contributed by atoms with Crippen molar-refractivity contribution in [3.05, 3.63) is 64.7 Å². The number of nitrogens with zero attached hydrogens (tertiary/aromatic N) is 1. The maximum Gasteiger partial charge on any atom is 0.258 e. The van der Waals surface area contributed by atoms with Crippen molar-refractivity contribution in [1.82, 2.24) is 10.2 Å². The minimum absolute atomic E-state index is 0.0479. The number of para-hydroxylation sites is 1. The molecule has 0 aromatic heterocycles. The Kier molecular flexibility index (Phi) is 7.70. The third-order valence-electron chi connectivity index (χ3n) is 5.79. The minimum atomic E-state index is -0.0698. The summed E-state index contributed by atoms with van der Waals surface area (Å²) in [7, 11) is 0. The average molecular weight is 395 g/mol. The lowest BCUT2D eigenvalue weighted by atomic mass is 10.0. The molecule has 156 valence electrons. The van der Waals surface area contributed by atoms with E-state index in [1.807, 2.05) is 32.0 Å². The van der Waals surface area contributed by atoms with Gasteiger partial charge < -0.3 is 10.1 Å². The van der Waals surface area contributed by atoms with Gasteiger partial charge in [0.15, 0.2) is 6.61 Å². The van der Waals surface area contributed by atoms with Crippen LogP contribution in [0.15, 0.2) is 42.5 Å². The van der Waals surface area contributed by atoms with Crippen LogP contribution in [0.5, 0.6) is 5.75 Å². The molecule has 2 aromatic carbocycles. The minimum Gasteiger partial charge on any atom is -0.483 e. The fourth-order valence-corrected chi connectivity index (χ4v) is 4.08. The first-order valence-electron chi connectivity index (χ1n) is 10.8. The normalized spacial score (nSPS) is 16.1. The number of amides is 1. The zero-order chi connectivity index (χ0) is 20.6. The first-order chi connectivity index (χ1) is 14.0. The van der Waals surface area contributed by atoms with Crippen LogP contribution in [0.25, 0.3) is 0 Å². The molecule has 29 heavy (non-hydrogen) atoms. The molecule has 0 radical (unpaired) electrons. The largest absolute Gasteiger partial charge is 0.483 e. The Bertz CT molecular complexity index is 773. The summed E-state index contributed by atoms with van der Waals surface area (Å²) in [6.45, 7) is 8.96. The van der Waals surface area contributed by atoms with E-state index in [-0.39, 0.29) is 18.6 Å². The Balaban J connectivity index is 1.62. The molecule has 1 N–H and O–H groups in total. The maximum atomic E-state index is 12.5. The summed E-state index contributed by atoms with van der Waals surface area (Å²) in [5.41, 5.74) is 4.64. The quantitative estimate of drug-likeness (QED) is 0.738. The number of ether oxygens (including phenoxy) is 1. The number of aryl methyl sites for hydroxylation is 3. The molecule has 4 heteroatoms. The predicted octanol–water partition coefficient (Wildman–Crippen LogP) is 4.72. The first kappa shape index (κ1) is 21.4. The van der Waals surface area contributed by atoms with Crippen LogP contribution in [0.3, 0.4) is 0 Å². The summed E-state index contributed by atoms with van der Waals surface area (Å²) in [5, 5.41) is 3.12. The lowest BCUT2D eigenvalue weighted by molar-refractivity contribution is -0.123. The SMILES string of the molecule is Cc1ccc(C(CNC(=O)COc2c(C)cccc2C)N2CCCCCC2)cc1. The van der Waals surface area contributed by atoms with Gasteiger partial charge in [-0.2, -0.15) is 0 Å². The van der Waals surface area contributed by atoms with E-state index in [0.29, 0.717) is 6.54 Å². The van der Waals surface area contributed by atoms with Crippen molar-refractivity contribution in [2.24, 2.45) is 0 Å². The van der Waals surface area contributed by atoms with Crippen molar-refractivity contribution in [1.29, 1.82) is 0 Å². The molecule has 0 saturated carbocycles. The summed E-state index contributed by atoms with van der Waals surface area (Å²) in [6, 6.07) is 14.9. The molecular formula is C25H34N2O2. The highest BCUT2D eigenvalue weighted by atomic mass is 16.5. The second kappa shape index (κ2) is 10.4. The molecule has 1 heterocycles. The number of likely N-dealkylation sites (tertiary alicyclic amines) is 1. The van der Waals surface area contributed by atoms with Crippen molar-refractivity contribution in [2.75, 3.05) is 26.2 Å². The van der Waals surface area contributed by atoms with E-state index in [2.05, 4.69) is 41.4 Å². The summed E-state index contributed by atoms with van der Waals surface area (Å²) in [4.78, 5) is 15.1. The average Bonchev–Trinajstić information content (AvgIpc) is 2.98. The first-order valence-corrected chi connectivity index (χ1v) is 10.8. The molecule has 1 saturated heterocycles. The van der Waals surface area contributed by atoms with Crippen LogP contribution < -0.4 is 10.1 Å². The highest BCUT2D eigenvalue weighted by molar-refractivity contribution is 5.77. The van der Waals surface area contributed by atoms with Crippen LogP contribution in [-0.2, 0) is 4.79 Å². The molecule has 1 atom stereocenters. The van der Waals surface area contributed by atoms with Gasteiger partial charge in [-0.05, 0) is 63.4 Å². The number of carbonyl (C=O) groups is 1. The lowest BCUT2D eigenvalue weighted by Gasteiger charge is -2.31. The van der Waals surface area contributed by atoms with Crippen molar-refractivity contribution in [3.63, 3.8) is 0 Å². The molecule has 0 spiro atoms. The van der Waals surface area contributed by atoms with Crippen molar-refractivity contribution in [3.8, 4) is 5.75 Å². The van der Waals surface area contributed by atoms with E-state index in [4.69, 9.17) is 4.74 Å². The van der Waals surface area contributed by atoms with Gasteiger partial charge in [-0.3, -0.25) is 9.69 Å². The Hall–Kier alpha value is -2.33. The fourth-order valence-electron chi connectivity index (χ4n) is 4.08. The van der Waals surface area contributed by atoms with Gasteiger partial charge in [0.2, 0.25) is 0 Å². The van der Waals surface area contributed by atoms with Gasteiger partial charge >= 0.3 is 0 Å². The molecule has 1 amide bonds. The third kappa shape index (κ3) is 6.07. The Labute approximate surface area is 175 Å². The zero-order valence-electron chi connectivity index (χ0n) is 18.0. The lowest BCUT2D eigenvalue weighted by Crippen LogP contribution is -2.40. The summed E-state index contributed by atoms with van der Waals surface area (Å²) < 4.78 is 5.82. The van der Waals surface area contributed by atoms with Crippen LogP contribution in [0.1, 0.15) is 54.0 Å². The van der Waals surface area contributed by atoms with Gasteiger partial charge in [0.05, 0.1) is 6.04 Å². The molecule has 4 nitrogen and oxygen atoms in total. The molecular weight excluding hydrogens is 360 g/mol. The molecule has 1 aliphatic heterocycles. The van der Waals surface area contributed by atoms with Gasteiger partial charge in [-0.15, -0.1) is 0 Å². The van der Waals surface area contributed by atoms with Crippen LogP contribution in [0, 0.1) is 20.8 Å². The molecule has 1 aliphatic rings. The molecule has 2 aromatic rings. The van der Waals surface area contributed by atoms with Crippen LogP contribution >= 0.6 is 0 Å². The van der Waals surface area contributed by atoms with Gasteiger partial charge in [0.1, 0.15) is 5.75 Å². The molecule has 0 aliphatic carbocycles. The maximum absolute atomic E-state index is 12.5. The van der Waals surface area contributed by atoms with E-state index in [1.54, 1.807) is 0 Å². The Morgan fingerprint density at radius 2 is 1.59 bits per heavy atom. The summed E-state index contributed by atoms with van der Waals surface area (Å²) in [5.74, 6) is 0.741. The predicted molar refractivity (Wildman–Crippen MR) is 118 cm³/mol. The molecule has 0 bridgehead atoms. The number of hydrogen-bond acceptors (Lipinski definition) is 3. The van der Waals surface area contributed by atoms with Crippen LogP contribution in [0.2, 0.25) is 0 Å². The number of carbonyl (C=O) groups excluding carboxylic acids is 1. The highest BCUT2D eigenvalue weighted by Crippen LogP contribution is 2.25. The second-order valence-electron chi connectivity index (χ2n) is 8.19. The fraction of sp³-hybridized carbons (Fsp3) is 0.480. The number of benzene rings is 2. The number of hydrogen-bond donors (Lipinski definition) is 1. The van der Waals surface area contributed by atoms with E-state index in [0.717, 1.165) is 30.0 Å². The third-order valence-corrected chi connectivity index (χ3v) is 5.79. The van der Waals surface area contributed by atoms with Crippen molar-refractivity contribution >= 4 is 5.91 Å². The van der Waals surface area contributed by atoms with E-state index in [1.165, 1.54) is 36.8 Å². The van der Waals surface area contributed by atoms with E-state index < -0.39 is 0 Å².